The highest BCUT2D eigenvalue weighted by molar-refractivity contribution is 6.05. The number of hydrogen-bond acceptors (Lipinski definition) is 4. The number of benzene rings is 1. The molecule has 86 valence electrons. The van der Waals surface area contributed by atoms with Crippen LogP contribution in [0.1, 0.15) is 10.4 Å². The van der Waals surface area contributed by atoms with Gasteiger partial charge in [0.2, 0.25) is 0 Å². The average Bonchev–Trinajstić information content (AvgIpc) is 2.33. The zero-order valence-electron chi connectivity index (χ0n) is 8.92. The predicted molar refractivity (Wildman–Crippen MR) is 64.7 cm³/mol. The van der Waals surface area contributed by atoms with Gasteiger partial charge in [-0.2, -0.15) is 0 Å². The van der Waals surface area contributed by atoms with Crippen molar-refractivity contribution < 1.29 is 9.90 Å². The smallest absolute Gasteiger partial charge is 0.255 e. The summed E-state index contributed by atoms with van der Waals surface area (Å²) in [6, 6.07) is 7.58. The normalized spacial score (nSPS) is 9.88. The Kier molecular flexibility index (Phi) is 2.91. The SMILES string of the molecule is Nc1cnccc1NC(=O)c1ccc(O)cc1. The average molecular weight is 229 g/mol. The van der Waals surface area contributed by atoms with Crippen LogP contribution >= 0.6 is 0 Å². The van der Waals surface area contributed by atoms with Gasteiger partial charge in [0.05, 0.1) is 17.6 Å². The predicted octanol–water partition coefficient (Wildman–Crippen LogP) is 1.62. The molecule has 1 amide bonds. The van der Waals surface area contributed by atoms with Crippen molar-refractivity contribution >= 4 is 17.3 Å². The van der Waals surface area contributed by atoms with Crippen molar-refractivity contribution in [1.29, 1.82) is 0 Å². The number of aromatic nitrogens is 1. The van der Waals surface area contributed by atoms with Crippen LogP contribution in [0, 0.1) is 0 Å². The third-order valence-corrected chi connectivity index (χ3v) is 2.23. The van der Waals surface area contributed by atoms with E-state index in [0.717, 1.165) is 0 Å². The van der Waals surface area contributed by atoms with Gasteiger partial charge in [0.15, 0.2) is 0 Å². The summed E-state index contributed by atoms with van der Waals surface area (Å²) in [5.41, 5.74) is 7.01. The van der Waals surface area contributed by atoms with Gasteiger partial charge in [-0.3, -0.25) is 9.78 Å². The van der Waals surface area contributed by atoms with Gasteiger partial charge in [0.25, 0.3) is 5.91 Å². The van der Waals surface area contributed by atoms with Gasteiger partial charge in [-0.05, 0) is 30.3 Å². The highest BCUT2D eigenvalue weighted by Crippen LogP contribution is 2.17. The Morgan fingerprint density at radius 1 is 1.24 bits per heavy atom. The fraction of sp³-hybridized carbons (Fsp3) is 0. The number of amides is 1. The summed E-state index contributed by atoms with van der Waals surface area (Å²) in [4.78, 5) is 15.6. The lowest BCUT2D eigenvalue weighted by atomic mass is 10.2. The van der Waals surface area contributed by atoms with E-state index in [-0.39, 0.29) is 11.7 Å². The Morgan fingerprint density at radius 2 is 1.94 bits per heavy atom. The molecule has 0 bridgehead atoms. The van der Waals surface area contributed by atoms with Crippen LogP contribution in [0.2, 0.25) is 0 Å². The number of carbonyl (C=O) groups excluding carboxylic acids is 1. The Balaban J connectivity index is 2.17. The minimum absolute atomic E-state index is 0.116. The zero-order chi connectivity index (χ0) is 12.3. The molecule has 4 N–H and O–H groups in total. The van der Waals surface area contributed by atoms with Gasteiger partial charge in [0.1, 0.15) is 5.75 Å². The topological polar surface area (TPSA) is 88.2 Å². The fourth-order valence-corrected chi connectivity index (χ4v) is 1.33. The van der Waals surface area contributed by atoms with Crippen molar-refractivity contribution in [2.75, 3.05) is 11.1 Å². The molecule has 1 aromatic heterocycles. The summed E-state index contributed by atoms with van der Waals surface area (Å²) >= 11 is 0. The first kappa shape index (κ1) is 10.9. The molecule has 0 aliphatic carbocycles. The first-order chi connectivity index (χ1) is 8.16. The number of aromatic hydroxyl groups is 1. The number of nitrogens with two attached hydrogens (primary N) is 1. The Hall–Kier alpha value is -2.56. The lowest BCUT2D eigenvalue weighted by Gasteiger charge is -2.07. The van der Waals surface area contributed by atoms with E-state index in [1.54, 1.807) is 12.3 Å². The molecule has 0 atom stereocenters. The van der Waals surface area contributed by atoms with Gasteiger partial charge in [-0.25, -0.2) is 0 Å². The van der Waals surface area contributed by atoms with E-state index >= 15 is 0 Å². The van der Waals surface area contributed by atoms with Gasteiger partial charge < -0.3 is 16.2 Å². The molecule has 0 aliphatic heterocycles. The number of phenols is 1. The molecule has 1 aromatic carbocycles. The summed E-state index contributed by atoms with van der Waals surface area (Å²) in [5, 5.41) is 11.8. The van der Waals surface area contributed by atoms with Crippen molar-refractivity contribution in [3.8, 4) is 5.75 Å². The molecule has 5 heteroatoms. The number of nitrogens with one attached hydrogen (secondary N) is 1. The largest absolute Gasteiger partial charge is 0.508 e. The number of anilines is 2. The molecule has 0 spiro atoms. The molecule has 1 heterocycles. The second-order valence-corrected chi connectivity index (χ2v) is 3.46. The van der Waals surface area contributed by atoms with Crippen molar-refractivity contribution in [3.63, 3.8) is 0 Å². The molecule has 0 saturated carbocycles. The Bertz CT molecular complexity index is 538. The lowest BCUT2D eigenvalue weighted by molar-refractivity contribution is 0.102. The summed E-state index contributed by atoms with van der Waals surface area (Å²) < 4.78 is 0. The van der Waals surface area contributed by atoms with E-state index in [4.69, 9.17) is 10.8 Å². The molecular formula is C12H11N3O2. The molecular weight excluding hydrogens is 218 g/mol. The first-order valence-electron chi connectivity index (χ1n) is 4.96. The summed E-state index contributed by atoms with van der Waals surface area (Å²) in [7, 11) is 0. The molecule has 0 fully saturated rings. The van der Waals surface area contributed by atoms with E-state index in [2.05, 4.69) is 10.3 Å². The molecule has 0 aliphatic rings. The van der Waals surface area contributed by atoms with Crippen molar-refractivity contribution in [3.05, 3.63) is 48.3 Å². The minimum Gasteiger partial charge on any atom is -0.508 e. The molecule has 5 nitrogen and oxygen atoms in total. The van der Waals surface area contributed by atoms with Crippen LogP contribution in [0.3, 0.4) is 0 Å². The number of nitrogens with zero attached hydrogens (tertiary/aromatic N) is 1. The highest BCUT2D eigenvalue weighted by Gasteiger charge is 2.07. The van der Waals surface area contributed by atoms with E-state index in [9.17, 15) is 4.79 Å². The number of pyridine rings is 1. The standard InChI is InChI=1S/C12H11N3O2/c13-10-7-14-6-5-11(10)15-12(17)8-1-3-9(16)4-2-8/h1-7,16H,13H2,(H,14,15,17). The van der Waals surface area contributed by atoms with Crippen LogP contribution in [-0.4, -0.2) is 16.0 Å². The van der Waals surface area contributed by atoms with Crippen molar-refractivity contribution in [2.24, 2.45) is 0 Å². The molecule has 0 radical (unpaired) electrons. The van der Waals surface area contributed by atoms with E-state index in [1.807, 2.05) is 0 Å². The van der Waals surface area contributed by atoms with Crippen LogP contribution in [0.5, 0.6) is 5.75 Å². The second kappa shape index (κ2) is 4.52. The van der Waals surface area contributed by atoms with Crippen LogP contribution < -0.4 is 11.1 Å². The van der Waals surface area contributed by atoms with E-state index in [0.29, 0.717) is 16.9 Å². The Labute approximate surface area is 97.9 Å². The molecule has 2 rings (SSSR count). The number of hydrogen-bond donors (Lipinski definition) is 3. The van der Waals surface area contributed by atoms with Gasteiger partial charge in [-0.1, -0.05) is 0 Å². The lowest BCUT2D eigenvalue weighted by Crippen LogP contribution is -2.13. The third kappa shape index (κ3) is 2.52. The number of rotatable bonds is 2. The maximum Gasteiger partial charge on any atom is 0.255 e. The number of phenolic OH excluding ortho intramolecular Hbond substituents is 1. The van der Waals surface area contributed by atoms with Gasteiger partial charge in [-0.15, -0.1) is 0 Å². The summed E-state index contributed by atoms with van der Waals surface area (Å²) in [6.07, 6.45) is 3.01. The van der Waals surface area contributed by atoms with Crippen LogP contribution in [-0.2, 0) is 0 Å². The third-order valence-electron chi connectivity index (χ3n) is 2.23. The second-order valence-electron chi connectivity index (χ2n) is 3.46. The molecule has 0 saturated heterocycles. The highest BCUT2D eigenvalue weighted by atomic mass is 16.3. The van der Waals surface area contributed by atoms with Gasteiger partial charge in [0, 0.05) is 11.8 Å². The fourth-order valence-electron chi connectivity index (χ4n) is 1.33. The van der Waals surface area contributed by atoms with E-state index < -0.39 is 0 Å². The van der Waals surface area contributed by atoms with Crippen LogP contribution in [0.25, 0.3) is 0 Å². The molecule has 0 unspecified atom stereocenters. The first-order valence-corrected chi connectivity index (χ1v) is 4.96. The number of nitrogen functional groups attached to an aromatic ring is 1. The van der Waals surface area contributed by atoms with Crippen LogP contribution in [0.4, 0.5) is 11.4 Å². The quantitative estimate of drug-likeness (QED) is 0.730. The van der Waals surface area contributed by atoms with E-state index in [1.165, 1.54) is 30.5 Å². The monoisotopic (exact) mass is 229 g/mol. The maximum atomic E-state index is 11.8. The van der Waals surface area contributed by atoms with Gasteiger partial charge >= 0.3 is 0 Å². The zero-order valence-corrected chi connectivity index (χ0v) is 8.92. The van der Waals surface area contributed by atoms with Crippen LogP contribution in [0.15, 0.2) is 42.7 Å². The number of carbonyl (C=O) groups is 1. The summed E-state index contributed by atoms with van der Waals surface area (Å²) in [5.74, 6) is -0.173. The minimum atomic E-state index is -0.289. The van der Waals surface area contributed by atoms with Crippen molar-refractivity contribution in [2.45, 2.75) is 0 Å². The van der Waals surface area contributed by atoms with Crippen molar-refractivity contribution in [1.82, 2.24) is 4.98 Å². The molecule has 17 heavy (non-hydrogen) atoms. The Morgan fingerprint density at radius 3 is 2.59 bits per heavy atom. The maximum absolute atomic E-state index is 11.8. The molecule has 2 aromatic rings. The summed E-state index contributed by atoms with van der Waals surface area (Å²) in [6.45, 7) is 0.